The Labute approximate surface area is 127 Å². The standard InChI is InChI=1S/C16H20F4N2/c1-11(2)7-15(22-5-3-21-4-6-22)12-8-13(16(18,19)20)10-14(17)9-12/h8-10,15,21H,1,3-7H2,2H3/t15-/m0/s1. The van der Waals surface area contributed by atoms with Crippen molar-refractivity contribution < 1.29 is 17.6 Å². The molecule has 0 aromatic heterocycles. The van der Waals surface area contributed by atoms with Crippen molar-refractivity contribution in [3.05, 3.63) is 47.3 Å². The Morgan fingerprint density at radius 2 is 1.91 bits per heavy atom. The van der Waals surface area contributed by atoms with Gasteiger partial charge >= 0.3 is 6.18 Å². The van der Waals surface area contributed by atoms with Gasteiger partial charge in [-0.3, -0.25) is 4.90 Å². The van der Waals surface area contributed by atoms with Crippen LogP contribution in [0.2, 0.25) is 0 Å². The highest BCUT2D eigenvalue weighted by Gasteiger charge is 2.33. The van der Waals surface area contributed by atoms with E-state index < -0.39 is 17.6 Å². The van der Waals surface area contributed by atoms with Crippen molar-refractivity contribution in [3.63, 3.8) is 0 Å². The van der Waals surface area contributed by atoms with Gasteiger partial charge in [0.25, 0.3) is 0 Å². The van der Waals surface area contributed by atoms with Crippen LogP contribution >= 0.6 is 0 Å². The Morgan fingerprint density at radius 1 is 1.27 bits per heavy atom. The van der Waals surface area contributed by atoms with Crippen LogP contribution in [0.1, 0.15) is 30.5 Å². The molecule has 1 aromatic carbocycles. The van der Waals surface area contributed by atoms with Crippen LogP contribution < -0.4 is 5.32 Å². The third kappa shape index (κ3) is 4.30. The van der Waals surface area contributed by atoms with Crippen LogP contribution in [-0.4, -0.2) is 31.1 Å². The first-order chi connectivity index (χ1) is 10.3. The molecule has 0 unspecified atom stereocenters. The van der Waals surface area contributed by atoms with Gasteiger partial charge in [-0.05, 0) is 37.1 Å². The molecule has 0 bridgehead atoms. The fourth-order valence-electron chi connectivity index (χ4n) is 2.75. The molecule has 22 heavy (non-hydrogen) atoms. The maximum atomic E-state index is 13.7. The SMILES string of the molecule is C=C(C)C[C@@H](c1cc(F)cc(C(F)(F)F)c1)N1CCNCC1. The van der Waals surface area contributed by atoms with Crippen molar-refractivity contribution in [1.29, 1.82) is 0 Å². The molecular formula is C16H20F4N2. The van der Waals surface area contributed by atoms with Crippen molar-refractivity contribution in [2.45, 2.75) is 25.6 Å². The van der Waals surface area contributed by atoms with Gasteiger partial charge in [-0.1, -0.05) is 5.57 Å². The fraction of sp³-hybridized carbons (Fsp3) is 0.500. The minimum Gasteiger partial charge on any atom is -0.314 e. The van der Waals surface area contributed by atoms with Gasteiger partial charge in [0.05, 0.1) is 5.56 Å². The van der Waals surface area contributed by atoms with Crippen LogP contribution in [0, 0.1) is 5.82 Å². The highest BCUT2D eigenvalue weighted by Crippen LogP contribution is 2.34. The molecule has 0 radical (unpaired) electrons. The molecule has 1 aliphatic rings. The van der Waals surface area contributed by atoms with E-state index >= 15 is 0 Å². The van der Waals surface area contributed by atoms with E-state index in [-0.39, 0.29) is 6.04 Å². The molecule has 0 spiro atoms. The maximum Gasteiger partial charge on any atom is 0.416 e. The molecular weight excluding hydrogens is 296 g/mol. The van der Waals surface area contributed by atoms with Crippen molar-refractivity contribution in [3.8, 4) is 0 Å². The van der Waals surface area contributed by atoms with Crippen LogP contribution in [0.3, 0.4) is 0 Å². The lowest BCUT2D eigenvalue weighted by atomic mass is 9.96. The number of halogens is 4. The van der Waals surface area contributed by atoms with Crippen LogP contribution in [0.5, 0.6) is 0 Å². The van der Waals surface area contributed by atoms with E-state index in [1.165, 1.54) is 6.07 Å². The normalized spacial score (nSPS) is 18.2. The number of rotatable bonds is 4. The zero-order valence-corrected chi connectivity index (χ0v) is 12.5. The number of nitrogens with one attached hydrogen (secondary N) is 1. The molecule has 1 fully saturated rings. The van der Waals surface area contributed by atoms with E-state index in [4.69, 9.17) is 0 Å². The minimum absolute atomic E-state index is 0.281. The molecule has 1 N–H and O–H groups in total. The molecule has 1 aliphatic heterocycles. The molecule has 0 saturated carbocycles. The Balaban J connectivity index is 2.37. The number of benzene rings is 1. The van der Waals surface area contributed by atoms with E-state index in [0.29, 0.717) is 18.1 Å². The van der Waals surface area contributed by atoms with Gasteiger partial charge in [-0.15, -0.1) is 6.58 Å². The number of alkyl halides is 3. The topological polar surface area (TPSA) is 15.3 Å². The van der Waals surface area contributed by atoms with E-state index in [9.17, 15) is 17.6 Å². The van der Waals surface area contributed by atoms with Gasteiger partial charge in [0.2, 0.25) is 0 Å². The predicted molar refractivity (Wildman–Crippen MR) is 78.0 cm³/mol. The Hall–Kier alpha value is -1.40. The molecule has 0 aliphatic carbocycles. The number of piperazine rings is 1. The third-order valence-electron chi connectivity index (χ3n) is 3.77. The summed E-state index contributed by atoms with van der Waals surface area (Å²) in [7, 11) is 0. The second kappa shape index (κ2) is 6.79. The Bertz CT molecular complexity index is 533. The summed E-state index contributed by atoms with van der Waals surface area (Å²) in [6, 6.07) is 2.51. The van der Waals surface area contributed by atoms with E-state index in [2.05, 4.69) is 16.8 Å². The fourth-order valence-corrected chi connectivity index (χ4v) is 2.75. The molecule has 1 atom stereocenters. The largest absolute Gasteiger partial charge is 0.416 e. The first-order valence-corrected chi connectivity index (χ1v) is 7.24. The third-order valence-corrected chi connectivity index (χ3v) is 3.77. The Morgan fingerprint density at radius 3 is 2.45 bits per heavy atom. The lowest BCUT2D eigenvalue weighted by Gasteiger charge is -2.35. The molecule has 1 heterocycles. The summed E-state index contributed by atoms with van der Waals surface area (Å²) < 4.78 is 52.4. The van der Waals surface area contributed by atoms with E-state index in [1.54, 1.807) is 0 Å². The van der Waals surface area contributed by atoms with Gasteiger partial charge in [0.15, 0.2) is 0 Å². The predicted octanol–water partition coefficient (Wildman–Crippen LogP) is 3.76. The summed E-state index contributed by atoms with van der Waals surface area (Å²) in [4.78, 5) is 2.08. The minimum atomic E-state index is -4.55. The lowest BCUT2D eigenvalue weighted by molar-refractivity contribution is -0.137. The highest BCUT2D eigenvalue weighted by atomic mass is 19.4. The zero-order chi connectivity index (χ0) is 16.3. The van der Waals surface area contributed by atoms with Gasteiger partial charge in [-0.2, -0.15) is 13.2 Å². The summed E-state index contributed by atoms with van der Waals surface area (Å²) in [5.74, 6) is -0.855. The molecule has 2 rings (SSSR count). The number of hydrogen-bond acceptors (Lipinski definition) is 2. The van der Waals surface area contributed by atoms with Crippen LogP contribution in [-0.2, 0) is 6.18 Å². The van der Waals surface area contributed by atoms with E-state index in [0.717, 1.165) is 37.8 Å². The number of nitrogens with zero attached hydrogens (tertiary/aromatic N) is 1. The number of hydrogen-bond donors (Lipinski definition) is 1. The first-order valence-electron chi connectivity index (χ1n) is 7.24. The van der Waals surface area contributed by atoms with Crippen molar-refractivity contribution in [2.75, 3.05) is 26.2 Å². The molecule has 122 valence electrons. The van der Waals surface area contributed by atoms with Gasteiger partial charge < -0.3 is 5.32 Å². The molecule has 6 heteroatoms. The van der Waals surface area contributed by atoms with Gasteiger partial charge in [0, 0.05) is 32.2 Å². The van der Waals surface area contributed by atoms with Crippen molar-refractivity contribution in [1.82, 2.24) is 10.2 Å². The second-order valence-corrected chi connectivity index (χ2v) is 5.73. The highest BCUT2D eigenvalue weighted by molar-refractivity contribution is 5.30. The smallest absolute Gasteiger partial charge is 0.314 e. The summed E-state index contributed by atoms with van der Waals surface area (Å²) >= 11 is 0. The summed E-state index contributed by atoms with van der Waals surface area (Å²) in [6.07, 6.45) is -4.03. The van der Waals surface area contributed by atoms with Crippen molar-refractivity contribution >= 4 is 0 Å². The molecule has 0 amide bonds. The second-order valence-electron chi connectivity index (χ2n) is 5.73. The molecule has 1 saturated heterocycles. The first kappa shape index (κ1) is 17.0. The zero-order valence-electron chi connectivity index (χ0n) is 12.5. The van der Waals surface area contributed by atoms with Gasteiger partial charge in [-0.25, -0.2) is 4.39 Å². The molecule has 1 aromatic rings. The summed E-state index contributed by atoms with van der Waals surface area (Å²) in [6.45, 7) is 8.66. The van der Waals surface area contributed by atoms with Crippen LogP contribution in [0.25, 0.3) is 0 Å². The maximum absolute atomic E-state index is 13.7. The van der Waals surface area contributed by atoms with Crippen molar-refractivity contribution in [2.24, 2.45) is 0 Å². The Kier molecular flexibility index (Phi) is 5.24. The van der Waals surface area contributed by atoms with E-state index in [1.807, 2.05) is 6.92 Å². The van der Waals surface area contributed by atoms with Gasteiger partial charge in [0.1, 0.15) is 5.82 Å². The molecule has 2 nitrogen and oxygen atoms in total. The average molecular weight is 316 g/mol. The summed E-state index contributed by atoms with van der Waals surface area (Å²) in [5, 5.41) is 3.20. The summed E-state index contributed by atoms with van der Waals surface area (Å²) in [5.41, 5.74) is 0.280. The average Bonchev–Trinajstić information content (AvgIpc) is 2.44. The lowest BCUT2D eigenvalue weighted by Crippen LogP contribution is -2.45. The quantitative estimate of drug-likeness (QED) is 0.672. The van der Waals surface area contributed by atoms with Crippen LogP contribution in [0.4, 0.5) is 17.6 Å². The monoisotopic (exact) mass is 316 g/mol. The van der Waals surface area contributed by atoms with Crippen LogP contribution in [0.15, 0.2) is 30.4 Å².